The normalized spacial score (nSPS) is 17.0. The van der Waals surface area contributed by atoms with Crippen molar-refractivity contribution in [3.05, 3.63) is 39.7 Å². The molecule has 0 saturated carbocycles. The highest BCUT2D eigenvalue weighted by molar-refractivity contribution is 5.69. The maximum absolute atomic E-state index is 4.87. The van der Waals surface area contributed by atoms with Gasteiger partial charge in [0, 0.05) is 6.42 Å². The van der Waals surface area contributed by atoms with Crippen LogP contribution in [0.5, 0.6) is 0 Å². The molecular formula is C17H21N. The molecule has 0 unspecified atom stereocenters. The summed E-state index contributed by atoms with van der Waals surface area (Å²) in [5.74, 6) is 1.27. The predicted octanol–water partition coefficient (Wildman–Crippen LogP) is 4.27. The Labute approximate surface area is 110 Å². The molecule has 94 valence electrons. The fourth-order valence-electron chi connectivity index (χ4n) is 2.79. The highest BCUT2D eigenvalue weighted by atomic mass is 14.7. The number of aromatic nitrogens is 1. The van der Waals surface area contributed by atoms with E-state index < -0.39 is 0 Å². The molecule has 0 saturated heterocycles. The van der Waals surface area contributed by atoms with E-state index in [0.29, 0.717) is 11.8 Å². The van der Waals surface area contributed by atoms with Crippen LogP contribution in [0.1, 0.15) is 50.2 Å². The van der Waals surface area contributed by atoms with Crippen molar-refractivity contribution >= 4 is 12.2 Å². The summed E-state index contributed by atoms with van der Waals surface area (Å²) in [4.78, 5) is 4.87. The highest BCUT2D eigenvalue weighted by Gasteiger charge is 2.22. The zero-order valence-corrected chi connectivity index (χ0v) is 11.7. The van der Waals surface area contributed by atoms with Crippen LogP contribution >= 0.6 is 0 Å². The zero-order chi connectivity index (χ0) is 12.9. The minimum atomic E-state index is 0.635. The fraction of sp³-hybridized carbons (Fsp3) is 0.471. The van der Waals surface area contributed by atoms with Crippen molar-refractivity contribution in [2.24, 2.45) is 11.8 Å². The Bertz CT molecular complexity index is 507. The van der Waals surface area contributed by atoms with E-state index in [0.717, 1.165) is 12.8 Å². The SMILES string of the molecule is CC(C)C1=Cc2nc3c(cc2C1)C=C(C(C)C)C3. The quantitative estimate of drug-likeness (QED) is 0.751. The second-order valence-corrected chi connectivity index (χ2v) is 6.17. The van der Waals surface area contributed by atoms with Crippen LogP contribution in [0.15, 0.2) is 17.2 Å². The summed E-state index contributed by atoms with van der Waals surface area (Å²) >= 11 is 0. The molecule has 0 radical (unpaired) electrons. The molecule has 1 nitrogen and oxygen atoms in total. The average Bonchev–Trinajstić information content (AvgIpc) is 2.87. The van der Waals surface area contributed by atoms with Crippen molar-refractivity contribution in [2.45, 2.75) is 40.5 Å². The van der Waals surface area contributed by atoms with Crippen LogP contribution in [0, 0.1) is 11.8 Å². The molecule has 2 aliphatic carbocycles. The lowest BCUT2D eigenvalue weighted by Gasteiger charge is -2.05. The van der Waals surface area contributed by atoms with Crippen molar-refractivity contribution in [1.82, 2.24) is 4.98 Å². The van der Waals surface area contributed by atoms with E-state index in [1.54, 1.807) is 0 Å². The Hall–Kier alpha value is -1.37. The summed E-state index contributed by atoms with van der Waals surface area (Å²) in [6.07, 6.45) is 6.79. The summed E-state index contributed by atoms with van der Waals surface area (Å²) in [5, 5.41) is 0. The van der Waals surface area contributed by atoms with E-state index in [9.17, 15) is 0 Å². The highest BCUT2D eigenvalue weighted by Crippen LogP contribution is 2.34. The molecule has 1 aromatic heterocycles. The second kappa shape index (κ2) is 4.08. The largest absolute Gasteiger partial charge is 0.252 e. The standard InChI is InChI=1S/C17H21N/c1-10(2)12-5-14-7-15-6-13(11(3)4)9-17(15)18-16(14)8-12/h5,7,9-11H,6,8H2,1-4H3. The van der Waals surface area contributed by atoms with E-state index in [1.807, 2.05) is 0 Å². The van der Waals surface area contributed by atoms with Gasteiger partial charge in [-0.25, -0.2) is 0 Å². The van der Waals surface area contributed by atoms with Gasteiger partial charge in [-0.2, -0.15) is 0 Å². The molecule has 18 heavy (non-hydrogen) atoms. The lowest BCUT2D eigenvalue weighted by Crippen LogP contribution is -1.97. The molecule has 1 aromatic rings. The minimum Gasteiger partial charge on any atom is -0.252 e. The molecule has 0 N–H and O–H groups in total. The van der Waals surface area contributed by atoms with Gasteiger partial charge in [-0.15, -0.1) is 0 Å². The van der Waals surface area contributed by atoms with Crippen LogP contribution in [0.4, 0.5) is 0 Å². The van der Waals surface area contributed by atoms with E-state index in [2.05, 4.69) is 45.9 Å². The molecule has 0 bridgehead atoms. The van der Waals surface area contributed by atoms with Gasteiger partial charge in [0.25, 0.3) is 0 Å². The Morgan fingerprint density at radius 1 is 0.944 bits per heavy atom. The smallest absolute Gasteiger partial charge is 0.0668 e. The van der Waals surface area contributed by atoms with Crippen LogP contribution in [0.2, 0.25) is 0 Å². The van der Waals surface area contributed by atoms with Gasteiger partial charge in [0.05, 0.1) is 11.4 Å². The first-order valence-corrected chi connectivity index (χ1v) is 6.98. The number of fused-ring (bicyclic) bond motifs is 2. The zero-order valence-electron chi connectivity index (χ0n) is 11.7. The molecule has 1 heteroatoms. The Morgan fingerprint density at radius 3 is 2.28 bits per heavy atom. The monoisotopic (exact) mass is 239 g/mol. The summed E-state index contributed by atoms with van der Waals surface area (Å²) in [6, 6.07) is 2.36. The van der Waals surface area contributed by atoms with Crippen molar-refractivity contribution < 1.29 is 0 Å². The average molecular weight is 239 g/mol. The van der Waals surface area contributed by atoms with Crippen molar-refractivity contribution in [3.63, 3.8) is 0 Å². The summed E-state index contributed by atoms with van der Waals surface area (Å²) in [7, 11) is 0. The van der Waals surface area contributed by atoms with Crippen LogP contribution in [-0.4, -0.2) is 4.98 Å². The lowest BCUT2D eigenvalue weighted by atomic mass is 10.0. The summed E-state index contributed by atoms with van der Waals surface area (Å²) in [5.41, 5.74) is 8.31. The molecule has 2 aliphatic rings. The third-order valence-corrected chi connectivity index (χ3v) is 4.16. The summed E-state index contributed by atoms with van der Waals surface area (Å²) < 4.78 is 0. The van der Waals surface area contributed by atoms with Gasteiger partial charge in [-0.1, -0.05) is 44.9 Å². The Morgan fingerprint density at radius 2 is 1.61 bits per heavy atom. The van der Waals surface area contributed by atoms with E-state index in [1.165, 1.54) is 33.7 Å². The maximum atomic E-state index is 4.87. The maximum Gasteiger partial charge on any atom is 0.0668 e. The van der Waals surface area contributed by atoms with Crippen molar-refractivity contribution in [1.29, 1.82) is 0 Å². The van der Waals surface area contributed by atoms with Crippen LogP contribution in [0.25, 0.3) is 12.2 Å². The number of hydrogen-bond donors (Lipinski definition) is 0. The fourth-order valence-corrected chi connectivity index (χ4v) is 2.79. The Kier molecular flexibility index (Phi) is 2.65. The number of hydrogen-bond acceptors (Lipinski definition) is 1. The molecule has 0 amide bonds. The molecule has 0 atom stereocenters. The number of rotatable bonds is 2. The first-order chi connectivity index (χ1) is 8.54. The Balaban J connectivity index is 1.95. The van der Waals surface area contributed by atoms with Gasteiger partial charge in [0.15, 0.2) is 0 Å². The van der Waals surface area contributed by atoms with Crippen LogP contribution in [-0.2, 0) is 12.8 Å². The van der Waals surface area contributed by atoms with Crippen molar-refractivity contribution in [2.75, 3.05) is 0 Å². The molecule has 0 spiro atoms. The molecule has 1 heterocycles. The van der Waals surface area contributed by atoms with Gasteiger partial charge in [0.2, 0.25) is 0 Å². The number of nitrogens with zero attached hydrogens (tertiary/aromatic N) is 1. The second-order valence-electron chi connectivity index (χ2n) is 6.17. The first kappa shape index (κ1) is 11.7. The van der Waals surface area contributed by atoms with Gasteiger partial charge in [0.1, 0.15) is 0 Å². The third-order valence-electron chi connectivity index (χ3n) is 4.16. The van der Waals surface area contributed by atoms with Gasteiger partial charge < -0.3 is 0 Å². The molecule has 0 aliphatic heterocycles. The lowest BCUT2D eigenvalue weighted by molar-refractivity contribution is 0.749. The molecule has 0 fully saturated rings. The molecule has 3 rings (SSSR count). The predicted molar refractivity (Wildman–Crippen MR) is 77.3 cm³/mol. The number of pyridine rings is 1. The van der Waals surface area contributed by atoms with E-state index in [4.69, 9.17) is 4.98 Å². The number of allylic oxidation sites excluding steroid dienone is 2. The summed E-state index contributed by atoms with van der Waals surface area (Å²) in [6.45, 7) is 9.06. The minimum absolute atomic E-state index is 0.635. The van der Waals surface area contributed by atoms with Gasteiger partial charge >= 0.3 is 0 Å². The van der Waals surface area contributed by atoms with E-state index >= 15 is 0 Å². The van der Waals surface area contributed by atoms with Gasteiger partial charge in [-0.05, 0) is 41.5 Å². The molecule has 0 aromatic carbocycles. The topological polar surface area (TPSA) is 12.9 Å². The van der Waals surface area contributed by atoms with Crippen LogP contribution in [0.3, 0.4) is 0 Å². The van der Waals surface area contributed by atoms with Crippen molar-refractivity contribution in [3.8, 4) is 0 Å². The van der Waals surface area contributed by atoms with Crippen LogP contribution < -0.4 is 0 Å². The van der Waals surface area contributed by atoms with E-state index in [-0.39, 0.29) is 0 Å². The first-order valence-electron chi connectivity index (χ1n) is 6.98. The van der Waals surface area contributed by atoms with Gasteiger partial charge in [-0.3, -0.25) is 4.98 Å². The third kappa shape index (κ3) is 1.82. The molecular weight excluding hydrogens is 218 g/mol.